The van der Waals surface area contributed by atoms with Crippen LogP contribution in [-0.4, -0.2) is 29.7 Å². The zero-order valence-electron chi connectivity index (χ0n) is 12.4. The van der Waals surface area contributed by atoms with Gasteiger partial charge in [-0.05, 0) is 31.6 Å². The standard InChI is InChI=1S/C14H28N2O3/c1-4-11(7-8-13(17)18)9-10-15-14(19)16-12(5-2)6-3/h11-12H,4-10H2,1-3H3,(H,17,18)(H2,15,16,19). The summed E-state index contributed by atoms with van der Waals surface area (Å²) in [6, 6.07) is 0.107. The van der Waals surface area contributed by atoms with Crippen molar-refractivity contribution in [3.05, 3.63) is 0 Å². The van der Waals surface area contributed by atoms with E-state index in [1.165, 1.54) is 0 Å². The number of urea groups is 1. The van der Waals surface area contributed by atoms with E-state index in [4.69, 9.17) is 5.11 Å². The molecule has 1 atom stereocenters. The minimum Gasteiger partial charge on any atom is -0.481 e. The minimum absolute atomic E-state index is 0.123. The molecule has 19 heavy (non-hydrogen) atoms. The molecule has 0 aromatic rings. The molecule has 0 aromatic carbocycles. The molecule has 5 heteroatoms. The molecule has 0 heterocycles. The molecule has 0 bridgehead atoms. The first kappa shape index (κ1) is 17.7. The molecule has 0 aliphatic heterocycles. The normalized spacial score (nSPS) is 12.2. The quantitative estimate of drug-likeness (QED) is 0.572. The van der Waals surface area contributed by atoms with Gasteiger partial charge in [0.15, 0.2) is 0 Å². The lowest BCUT2D eigenvalue weighted by Gasteiger charge is -2.17. The van der Waals surface area contributed by atoms with Crippen molar-refractivity contribution in [2.75, 3.05) is 6.54 Å². The van der Waals surface area contributed by atoms with Crippen molar-refractivity contribution in [2.24, 2.45) is 5.92 Å². The number of hydrogen-bond acceptors (Lipinski definition) is 2. The Morgan fingerprint density at radius 3 is 2.16 bits per heavy atom. The van der Waals surface area contributed by atoms with E-state index in [-0.39, 0.29) is 18.5 Å². The molecular formula is C14H28N2O3. The van der Waals surface area contributed by atoms with Crippen molar-refractivity contribution >= 4 is 12.0 Å². The van der Waals surface area contributed by atoms with Gasteiger partial charge in [0.25, 0.3) is 0 Å². The van der Waals surface area contributed by atoms with E-state index in [1.807, 2.05) is 13.8 Å². The van der Waals surface area contributed by atoms with E-state index < -0.39 is 5.97 Å². The SMILES string of the molecule is CCC(CCNC(=O)NC(CC)CC)CCC(=O)O. The highest BCUT2D eigenvalue weighted by Gasteiger charge is 2.11. The van der Waals surface area contributed by atoms with Gasteiger partial charge in [-0.1, -0.05) is 27.2 Å². The Balaban J connectivity index is 3.80. The van der Waals surface area contributed by atoms with E-state index in [1.54, 1.807) is 0 Å². The van der Waals surface area contributed by atoms with Gasteiger partial charge in [-0.2, -0.15) is 0 Å². The molecule has 2 amide bonds. The summed E-state index contributed by atoms with van der Waals surface area (Å²) in [7, 11) is 0. The lowest BCUT2D eigenvalue weighted by Crippen LogP contribution is -2.42. The number of carboxylic acid groups (broad SMARTS) is 1. The number of aliphatic carboxylic acids is 1. The number of carbonyl (C=O) groups is 2. The average molecular weight is 272 g/mol. The largest absolute Gasteiger partial charge is 0.481 e. The van der Waals surface area contributed by atoms with Crippen LogP contribution in [-0.2, 0) is 4.79 Å². The molecule has 0 saturated carbocycles. The monoisotopic (exact) mass is 272 g/mol. The van der Waals surface area contributed by atoms with Crippen LogP contribution < -0.4 is 10.6 Å². The summed E-state index contributed by atoms with van der Waals surface area (Å²) < 4.78 is 0. The number of hydrogen-bond donors (Lipinski definition) is 3. The smallest absolute Gasteiger partial charge is 0.315 e. The molecule has 0 spiro atoms. The fraction of sp³-hybridized carbons (Fsp3) is 0.857. The van der Waals surface area contributed by atoms with Gasteiger partial charge in [-0.3, -0.25) is 4.79 Å². The Labute approximate surface area is 116 Å². The van der Waals surface area contributed by atoms with Crippen molar-refractivity contribution in [3.63, 3.8) is 0 Å². The molecule has 0 aromatic heterocycles. The predicted octanol–water partition coefficient (Wildman–Crippen LogP) is 2.76. The van der Waals surface area contributed by atoms with Crippen LogP contribution in [0.15, 0.2) is 0 Å². The molecule has 1 unspecified atom stereocenters. The van der Waals surface area contributed by atoms with E-state index in [9.17, 15) is 9.59 Å². The third kappa shape index (κ3) is 9.33. The number of carboxylic acids is 1. The summed E-state index contributed by atoms with van der Waals surface area (Å²) in [6.45, 7) is 6.75. The Morgan fingerprint density at radius 1 is 1.05 bits per heavy atom. The molecule has 0 saturated heterocycles. The first-order valence-electron chi connectivity index (χ1n) is 7.29. The van der Waals surface area contributed by atoms with Crippen LogP contribution in [0, 0.1) is 5.92 Å². The summed E-state index contributed by atoms with van der Waals surface area (Å²) in [5, 5.41) is 14.4. The second kappa shape index (κ2) is 10.6. The van der Waals surface area contributed by atoms with Gasteiger partial charge < -0.3 is 15.7 Å². The summed E-state index contributed by atoms with van der Waals surface area (Å²) >= 11 is 0. The maximum absolute atomic E-state index is 11.6. The number of rotatable bonds is 10. The summed E-state index contributed by atoms with van der Waals surface area (Å²) in [4.78, 5) is 22.1. The van der Waals surface area contributed by atoms with Crippen LogP contribution in [0.2, 0.25) is 0 Å². The fourth-order valence-corrected chi connectivity index (χ4v) is 2.00. The molecule has 0 aliphatic carbocycles. The van der Waals surface area contributed by atoms with Crippen LogP contribution in [0.5, 0.6) is 0 Å². The molecular weight excluding hydrogens is 244 g/mol. The molecule has 0 rings (SSSR count). The highest BCUT2D eigenvalue weighted by molar-refractivity contribution is 5.74. The molecule has 3 N–H and O–H groups in total. The van der Waals surface area contributed by atoms with E-state index in [0.717, 1.165) is 25.7 Å². The molecule has 5 nitrogen and oxygen atoms in total. The van der Waals surface area contributed by atoms with E-state index >= 15 is 0 Å². The Bertz CT molecular complexity index is 265. The third-order valence-corrected chi connectivity index (χ3v) is 3.50. The zero-order valence-corrected chi connectivity index (χ0v) is 12.4. The zero-order chi connectivity index (χ0) is 14.7. The highest BCUT2D eigenvalue weighted by Crippen LogP contribution is 2.14. The number of carbonyl (C=O) groups excluding carboxylic acids is 1. The van der Waals surface area contributed by atoms with Gasteiger partial charge in [-0.25, -0.2) is 4.79 Å². The maximum Gasteiger partial charge on any atom is 0.315 e. The summed E-state index contributed by atoms with van der Waals surface area (Å²) in [5.74, 6) is -0.387. The maximum atomic E-state index is 11.6. The Morgan fingerprint density at radius 2 is 1.68 bits per heavy atom. The second-order valence-corrected chi connectivity index (χ2v) is 4.91. The lowest BCUT2D eigenvalue weighted by molar-refractivity contribution is -0.137. The first-order chi connectivity index (χ1) is 9.03. The summed E-state index contributed by atoms with van der Waals surface area (Å²) in [6.07, 6.45) is 4.53. The van der Waals surface area contributed by atoms with Crippen molar-refractivity contribution in [2.45, 2.75) is 65.3 Å². The number of nitrogens with one attached hydrogen (secondary N) is 2. The van der Waals surface area contributed by atoms with Crippen LogP contribution in [0.3, 0.4) is 0 Å². The van der Waals surface area contributed by atoms with E-state index in [0.29, 0.717) is 18.9 Å². The van der Waals surface area contributed by atoms with Gasteiger partial charge in [0.1, 0.15) is 0 Å². The van der Waals surface area contributed by atoms with E-state index in [2.05, 4.69) is 17.6 Å². The Kier molecular flexibility index (Phi) is 9.94. The van der Waals surface area contributed by atoms with Gasteiger partial charge >= 0.3 is 12.0 Å². The average Bonchev–Trinajstić information content (AvgIpc) is 2.39. The van der Waals surface area contributed by atoms with Crippen LogP contribution in [0.25, 0.3) is 0 Å². The van der Waals surface area contributed by atoms with Crippen LogP contribution in [0.1, 0.15) is 59.3 Å². The molecule has 0 fully saturated rings. The lowest BCUT2D eigenvalue weighted by atomic mass is 9.97. The topological polar surface area (TPSA) is 78.4 Å². The Hall–Kier alpha value is -1.26. The second-order valence-electron chi connectivity index (χ2n) is 4.91. The van der Waals surface area contributed by atoms with Gasteiger partial charge in [0.05, 0.1) is 0 Å². The molecule has 112 valence electrons. The highest BCUT2D eigenvalue weighted by atomic mass is 16.4. The van der Waals surface area contributed by atoms with Crippen molar-refractivity contribution < 1.29 is 14.7 Å². The fourth-order valence-electron chi connectivity index (χ4n) is 2.00. The molecule has 0 radical (unpaired) electrons. The van der Waals surface area contributed by atoms with Gasteiger partial charge in [0.2, 0.25) is 0 Å². The minimum atomic E-state index is -0.752. The number of amides is 2. The van der Waals surface area contributed by atoms with Crippen LogP contribution in [0.4, 0.5) is 4.79 Å². The van der Waals surface area contributed by atoms with Gasteiger partial charge in [-0.15, -0.1) is 0 Å². The third-order valence-electron chi connectivity index (χ3n) is 3.50. The van der Waals surface area contributed by atoms with Crippen molar-refractivity contribution in [1.82, 2.24) is 10.6 Å². The van der Waals surface area contributed by atoms with Crippen molar-refractivity contribution in [1.29, 1.82) is 0 Å². The molecule has 0 aliphatic rings. The predicted molar refractivity (Wildman–Crippen MR) is 76.2 cm³/mol. The van der Waals surface area contributed by atoms with Crippen molar-refractivity contribution in [3.8, 4) is 0 Å². The first-order valence-corrected chi connectivity index (χ1v) is 7.29. The van der Waals surface area contributed by atoms with Gasteiger partial charge in [0, 0.05) is 19.0 Å². The van der Waals surface area contributed by atoms with Crippen LogP contribution >= 0.6 is 0 Å². The summed E-state index contributed by atoms with van der Waals surface area (Å²) in [5.41, 5.74) is 0.